The van der Waals surface area contributed by atoms with E-state index in [2.05, 4.69) is 62.9 Å². The molecule has 0 aliphatic carbocycles. The van der Waals surface area contributed by atoms with Gasteiger partial charge in [0.2, 0.25) is 5.75 Å². The molecule has 0 spiro atoms. The molecule has 0 unspecified atom stereocenters. The molecular weight excluding hydrogens is 460 g/mol. The largest absolute Gasteiger partial charge is 0.493 e. The van der Waals surface area contributed by atoms with E-state index in [1.54, 1.807) is 33.1 Å². The highest BCUT2D eigenvalue weighted by molar-refractivity contribution is 7.98. The van der Waals surface area contributed by atoms with Crippen LogP contribution < -0.4 is 14.2 Å². The Balaban J connectivity index is 1.57. The Morgan fingerprint density at radius 2 is 1.51 bits per heavy atom. The van der Waals surface area contributed by atoms with Crippen LogP contribution in [0.25, 0.3) is 28.0 Å². The number of thioether (sulfide) groups is 1. The van der Waals surface area contributed by atoms with Crippen molar-refractivity contribution in [1.82, 2.24) is 19.3 Å². The maximum atomic E-state index is 5.52. The van der Waals surface area contributed by atoms with Crippen molar-refractivity contribution in [2.45, 2.75) is 10.9 Å². The Labute approximate surface area is 208 Å². The minimum Gasteiger partial charge on any atom is -0.493 e. The summed E-state index contributed by atoms with van der Waals surface area (Å²) in [5.41, 5.74) is 4.22. The molecule has 0 bridgehead atoms. The summed E-state index contributed by atoms with van der Waals surface area (Å²) < 4.78 is 20.7. The number of para-hydroxylation sites is 2. The van der Waals surface area contributed by atoms with Crippen LogP contribution in [-0.2, 0) is 12.8 Å². The van der Waals surface area contributed by atoms with Crippen LogP contribution in [0.2, 0.25) is 0 Å². The van der Waals surface area contributed by atoms with Gasteiger partial charge in [0, 0.05) is 41.2 Å². The monoisotopic (exact) mass is 486 g/mol. The lowest BCUT2D eigenvalue weighted by molar-refractivity contribution is 0.324. The highest BCUT2D eigenvalue weighted by atomic mass is 32.2. The van der Waals surface area contributed by atoms with Crippen LogP contribution in [0.5, 0.6) is 17.2 Å². The highest BCUT2D eigenvalue weighted by Crippen LogP contribution is 2.40. The van der Waals surface area contributed by atoms with Crippen LogP contribution in [-0.4, -0.2) is 40.7 Å². The van der Waals surface area contributed by atoms with Gasteiger partial charge in [-0.05, 0) is 35.9 Å². The number of fused-ring (bicyclic) bond motifs is 1. The Bertz CT molecular complexity index is 1450. The fraction of sp³-hybridized carbons (Fsp3) is 0.185. The molecule has 0 atom stereocenters. The van der Waals surface area contributed by atoms with Crippen molar-refractivity contribution >= 4 is 22.7 Å². The number of hydrogen-bond donors (Lipinski definition) is 0. The summed E-state index contributed by atoms with van der Waals surface area (Å²) in [6.45, 7) is 0. The molecule has 2 aromatic heterocycles. The number of hydrogen-bond acceptors (Lipinski definition) is 6. The molecule has 2 heterocycles. The molecule has 5 aromatic rings. The first-order chi connectivity index (χ1) is 17.1. The van der Waals surface area contributed by atoms with E-state index >= 15 is 0 Å². The summed E-state index contributed by atoms with van der Waals surface area (Å²) in [4.78, 5) is 0. The van der Waals surface area contributed by atoms with Crippen molar-refractivity contribution in [3.05, 3.63) is 78.5 Å². The molecule has 0 N–H and O–H groups in total. The van der Waals surface area contributed by atoms with Crippen LogP contribution in [0.3, 0.4) is 0 Å². The molecule has 0 amide bonds. The SMILES string of the molecule is COc1cc(CSc2nnc(-c3cn(C)c4ccccc34)n2-c2ccccc2)cc(OC)c1OC. The Morgan fingerprint density at radius 3 is 2.20 bits per heavy atom. The van der Waals surface area contributed by atoms with Crippen LogP contribution in [0, 0.1) is 0 Å². The number of aromatic nitrogens is 4. The normalized spacial score (nSPS) is 11.1. The zero-order valence-electron chi connectivity index (χ0n) is 20.1. The van der Waals surface area contributed by atoms with Gasteiger partial charge < -0.3 is 18.8 Å². The number of aryl methyl sites for hydroxylation is 1. The third-order valence-corrected chi connectivity index (χ3v) is 6.88. The Morgan fingerprint density at radius 1 is 0.829 bits per heavy atom. The molecule has 0 aliphatic rings. The number of rotatable bonds is 8. The highest BCUT2D eigenvalue weighted by Gasteiger charge is 2.20. The predicted molar refractivity (Wildman–Crippen MR) is 139 cm³/mol. The van der Waals surface area contributed by atoms with Crippen LogP contribution in [0.1, 0.15) is 5.56 Å². The van der Waals surface area contributed by atoms with E-state index in [1.807, 2.05) is 36.4 Å². The molecule has 0 aliphatic heterocycles. The average molecular weight is 487 g/mol. The number of nitrogens with zero attached hydrogens (tertiary/aromatic N) is 4. The minimum atomic E-state index is 0.578. The smallest absolute Gasteiger partial charge is 0.203 e. The summed E-state index contributed by atoms with van der Waals surface area (Å²) in [5, 5.41) is 11.2. The van der Waals surface area contributed by atoms with Crippen molar-refractivity contribution in [2.24, 2.45) is 7.05 Å². The summed E-state index contributed by atoms with van der Waals surface area (Å²) in [6.07, 6.45) is 2.11. The van der Waals surface area contributed by atoms with E-state index in [4.69, 9.17) is 14.2 Å². The fourth-order valence-electron chi connectivity index (χ4n) is 4.23. The topological polar surface area (TPSA) is 63.3 Å². The molecule has 0 saturated heterocycles. The lowest BCUT2D eigenvalue weighted by atomic mass is 10.1. The molecule has 0 fully saturated rings. The molecule has 178 valence electrons. The first-order valence-corrected chi connectivity index (χ1v) is 12.1. The van der Waals surface area contributed by atoms with Crippen molar-refractivity contribution in [3.63, 3.8) is 0 Å². The van der Waals surface area contributed by atoms with Gasteiger partial charge in [-0.3, -0.25) is 4.57 Å². The maximum Gasteiger partial charge on any atom is 0.203 e. The Hall–Kier alpha value is -3.91. The minimum absolute atomic E-state index is 0.578. The van der Waals surface area contributed by atoms with Crippen LogP contribution in [0.4, 0.5) is 0 Å². The van der Waals surface area contributed by atoms with Crippen molar-refractivity contribution in [3.8, 4) is 34.3 Å². The fourth-order valence-corrected chi connectivity index (χ4v) is 5.12. The molecule has 3 aromatic carbocycles. The van der Waals surface area contributed by atoms with E-state index in [0.717, 1.165) is 38.7 Å². The van der Waals surface area contributed by atoms with Gasteiger partial charge in [0.05, 0.1) is 21.3 Å². The van der Waals surface area contributed by atoms with E-state index in [1.165, 1.54) is 0 Å². The van der Waals surface area contributed by atoms with Crippen molar-refractivity contribution in [2.75, 3.05) is 21.3 Å². The molecule has 8 heteroatoms. The molecule has 0 saturated carbocycles. The van der Waals surface area contributed by atoms with Gasteiger partial charge in [-0.2, -0.15) is 0 Å². The third kappa shape index (κ3) is 4.21. The van der Waals surface area contributed by atoms with Crippen LogP contribution >= 0.6 is 11.8 Å². The number of methoxy groups -OCH3 is 3. The van der Waals surface area contributed by atoms with E-state index in [-0.39, 0.29) is 0 Å². The van der Waals surface area contributed by atoms with Gasteiger partial charge in [0.15, 0.2) is 22.5 Å². The van der Waals surface area contributed by atoms with Gasteiger partial charge in [0.1, 0.15) is 0 Å². The number of benzene rings is 3. The molecule has 7 nitrogen and oxygen atoms in total. The molecule has 5 rings (SSSR count). The average Bonchev–Trinajstić information content (AvgIpc) is 3.48. The van der Waals surface area contributed by atoms with E-state index in [9.17, 15) is 0 Å². The van der Waals surface area contributed by atoms with Crippen molar-refractivity contribution in [1.29, 1.82) is 0 Å². The zero-order chi connectivity index (χ0) is 24.4. The van der Waals surface area contributed by atoms with Gasteiger partial charge in [-0.15, -0.1) is 10.2 Å². The molecule has 35 heavy (non-hydrogen) atoms. The summed E-state index contributed by atoms with van der Waals surface area (Å²) >= 11 is 1.61. The maximum absolute atomic E-state index is 5.52. The zero-order valence-corrected chi connectivity index (χ0v) is 20.9. The van der Waals surface area contributed by atoms with Gasteiger partial charge >= 0.3 is 0 Å². The lowest BCUT2D eigenvalue weighted by Crippen LogP contribution is -2.00. The second-order valence-corrected chi connectivity index (χ2v) is 8.91. The third-order valence-electron chi connectivity index (χ3n) is 5.88. The van der Waals surface area contributed by atoms with E-state index in [0.29, 0.717) is 23.0 Å². The first kappa shape index (κ1) is 22.9. The van der Waals surface area contributed by atoms with Gasteiger partial charge in [-0.25, -0.2) is 0 Å². The quantitative estimate of drug-likeness (QED) is 0.261. The summed E-state index contributed by atoms with van der Waals surface area (Å²) in [5.74, 6) is 3.29. The van der Waals surface area contributed by atoms with Crippen molar-refractivity contribution < 1.29 is 14.2 Å². The first-order valence-electron chi connectivity index (χ1n) is 11.1. The summed E-state index contributed by atoms with van der Waals surface area (Å²) in [6, 6.07) is 22.5. The number of ether oxygens (including phenoxy) is 3. The predicted octanol–water partition coefficient (Wildman–Crippen LogP) is 5.74. The Kier molecular flexibility index (Phi) is 6.37. The molecule has 0 radical (unpaired) electrons. The van der Waals surface area contributed by atoms with Gasteiger partial charge in [0.25, 0.3) is 0 Å². The second-order valence-electron chi connectivity index (χ2n) is 7.97. The standard InChI is InChI=1S/C27H26N4O3S/c1-30-16-21(20-12-8-9-13-22(20)30)26-28-29-27(31(26)19-10-6-5-7-11-19)35-17-18-14-23(32-2)25(34-4)24(15-18)33-3/h5-16H,17H2,1-4H3. The molecular formula is C27H26N4O3S. The lowest BCUT2D eigenvalue weighted by Gasteiger charge is -2.14. The van der Waals surface area contributed by atoms with E-state index < -0.39 is 0 Å². The summed E-state index contributed by atoms with van der Waals surface area (Å²) in [7, 11) is 6.90. The van der Waals surface area contributed by atoms with Crippen LogP contribution in [0.15, 0.2) is 78.1 Å². The second kappa shape index (κ2) is 9.76. The van der Waals surface area contributed by atoms with Gasteiger partial charge in [-0.1, -0.05) is 48.2 Å².